The monoisotopic (exact) mass is 296 g/mol. The maximum Gasteiger partial charge on any atom is 0.323 e. The highest BCUT2D eigenvalue weighted by Gasteiger charge is 2.18. The number of methoxy groups -OCH3 is 1. The van der Waals surface area contributed by atoms with Gasteiger partial charge in [0.2, 0.25) is 5.88 Å². The first-order valence-electron chi connectivity index (χ1n) is 6.56. The third-order valence-corrected chi connectivity index (χ3v) is 2.52. The van der Waals surface area contributed by atoms with Crippen LogP contribution >= 0.6 is 0 Å². The van der Waals surface area contributed by atoms with Crippen LogP contribution in [0.25, 0.3) is 0 Å². The summed E-state index contributed by atoms with van der Waals surface area (Å²) in [6, 6.07) is 3.15. The van der Waals surface area contributed by atoms with Gasteiger partial charge in [-0.05, 0) is 19.9 Å². The standard InChI is InChI=1S/C14H20N2O5/c1-10(2)21-12-5-4-11(8-15-12)14(19)16(6-7-20-3)9-13(17)18/h4-5,8,10H,6-7,9H2,1-3H3,(H,17,18). The minimum atomic E-state index is -1.08. The lowest BCUT2D eigenvalue weighted by Gasteiger charge is -2.20. The number of carboxylic acids is 1. The van der Waals surface area contributed by atoms with Crippen molar-refractivity contribution < 1.29 is 24.2 Å². The van der Waals surface area contributed by atoms with Gasteiger partial charge in [-0.1, -0.05) is 0 Å². The normalized spacial score (nSPS) is 10.5. The molecule has 1 rings (SSSR count). The Labute approximate surface area is 123 Å². The summed E-state index contributed by atoms with van der Waals surface area (Å²) in [7, 11) is 1.49. The average molecular weight is 296 g/mol. The van der Waals surface area contributed by atoms with Crippen LogP contribution in [-0.2, 0) is 9.53 Å². The van der Waals surface area contributed by atoms with Gasteiger partial charge < -0.3 is 19.5 Å². The van der Waals surface area contributed by atoms with E-state index in [9.17, 15) is 9.59 Å². The number of pyridine rings is 1. The molecule has 0 atom stereocenters. The quantitative estimate of drug-likeness (QED) is 0.771. The minimum absolute atomic E-state index is 0.00994. The van der Waals surface area contributed by atoms with Gasteiger partial charge in [0.05, 0.1) is 18.3 Å². The molecule has 1 aromatic heterocycles. The second-order valence-corrected chi connectivity index (χ2v) is 4.66. The lowest BCUT2D eigenvalue weighted by Crippen LogP contribution is -2.38. The molecule has 7 heteroatoms. The van der Waals surface area contributed by atoms with Crippen LogP contribution in [0, 0.1) is 0 Å². The molecular weight excluding hydrogens is 276 g/mol. The third-order valence-electron chi connectivity index (χ3n) is 2.52. The highest BCUT2D eigenvalue weighted by molar-refractivity contribution is 5.95. The van der Waals surface area contributed by atoms with E-state index in [1.807, 2.05) is 13.8 Å². The molecule has 0 aliphatic heterocycles. The number of carboxylic acid groups (broad SMARTS) is 1. The molecule has 0 aliphatic rings. The number of carbonyl (C=O) groups is 2. The van der Waals surface area contributed by atoms with E-state index in [0.717, 1.165) is 0 Å². The predicted octanol–water partition coefficient (Wildman–Crippen LogP) is 1.04. The number of aliphatic carboxylic acids is 1. The van der Waals surface area contributed by atoms with Crippen LogP contribution in [0.1, 0.15) is 24.2 Å². The summed E-state index contributed by atoms with van der Waals surface area (Å²) in [6.07, 6.45) is 1.37. The number of rotatable bonds is 8. The summed E-state index contributed by atoms with van der Waals surface area (Å²) in [4.78, 5) is 28.3. The molecule has 0 saturated carbocycles. The number of amides is 1. The molecule has 1 N–H and O–H groups in total. The number of aromatic nitrogens is 1. The zero-order valence-corrected chi connectivity index (χ0v) is 12.4. The zero-order valence-electron chi connectivity index (χ0n) is 12.4. The SMILES string of the molecule is COCCN(CC(=O)O)C(=O)c1ccc(OC(C)C)nc1. The molecule has 21 heavy (non-hydrogen) atoms. The van der Waals surface area contributed by atoms with Gasteiger partial charge in [0.1, 0.15) is 6.54 Å². The molecule has 0 saturated heterocycles. The number of ether oxygens (including phenoxy) is 2. The van der Waals surface area contributed by atoms with Crippen molar-refractivity contribution in [3.8, 4) is 5.88 Å². The van der Waals surface area contributed by atoms with Gasteiger partial charge in [-0.2, -0.15) is 0 Å². The molecule has 1 amide bonds. The van der Waals surface area contributed by atoms with E-state index in [1.165, 1.54) is 18.2 Å². The smallest absolute Gasteiger partial charge is 0.323 e. The van der Waals surface area contributed by atoms with Crippen molar-refractivity contribution >= 4 is 11.9 Å². The van der Waals surface area contributed by atoms with Crippen LogP contribution in [0.2, 0.25) is 0 Å². The Morgan fingerprint density at radius 2 is 2.10 bits per heavy atom. The molecule has 1 aromatic rings. The third kappa shape index (κ3) is 5.78. The molecular formula is C14H20N2O5. The summed E-state index contributed by atoms with van der Waals surface area (Å²) in [5, 5.41) is 8.85. The number of hydrogen-bond donors (Lipinski definition) is 1. The van der Waals surface area contributed by atoms with Gasteiger partial charge >= 0.3 is 5.97 Å². The first-order valence-corrected chi connectivity index (χ1v) is 6.56. The fourth-order valence-electron chi connectivity index (χ4n) is 1.62. The molecule has 0 spiro atoms. The van der Waals surface area contributed by atoms with Crippen molar-refractivity contribution in [1.29, 1.82) is 0 Å². The van der Waals surface area contributed by atoms with Crippen molar-refractivity contribution in [2.24, 2.45) is 0 Å². The van der Waals surface area contributed by atoms with Gasteiger partial charge in [-0.25, -0.2) is 4.98 Å². The molecule has 0 aromatic carbocycles. The zero-order chi connectivity index (χ0) is 15.8. The second-order valence-electron chi connectivity index (χ2n) is 4.66. The molecule has 0 aliphatic carbocycles. The first kappa shape index (κ1) is 16.9. The highest BCUT2D eigenvalue weighted by atomic mass is 16.5. The maximum atomic E-state index is 12.2. The summed E-state index contributed by atoms with van der Waals surface area (Å²) in [5.41, 5.74) is 0.309. The Bertz CT molecular complexity index is 473. The largest absolute Gasteiger partial charge is 0.480 e. The number of nitrogens with zero attached hydrogens (tertiary/aromatic N) is 2. The summed E-state index contributed by atoms with van der Waals surface area (Å²) < 4.78 is 10.3. The Kier molecular flexibility index (Phi) is 6.61. The minimum Gasteiger partial charge on any atom is -0.480 e. The Balaban J connectivity index is 2.79. The van der Waals surface area contributed by atoms with E-state index < -0.39 is 11.9 Å². The fourth-order valence-corrected chi connectivity index (χ4v) is 1.62. The summed E-state index contributed by atoms with van der Waals surface area (Å²) in [6.45, 7) is 3.83. The highest BCUT2D eigenvalue weighted by Crippen LogP contribution is 2.11. The van der Waals surface area contributed by atoms with Crippen LogP contribution in [-0.4, -0.2) is 59.8 Å². The van der Waals surface area contributed by atoms with Crippen molar-refractivity contribution in [2.75, 3.05) is 26.8 Å². The van der Waals surface area contributed by atoms with E-state index >= 15 is 0 Å². The Hall–Kier alpha value is -2.15. The number of hydrogen-bond acceptors (Lipinski definition) is 5. The molecule has 0 bridgehead atoms. The molecule has 116 valence electrons. The summed E-state index contributed by atoms with van der Waals surface area (Å²) in [5.74, 6) is -1.06. The summed E-state index contributed by atoms with van der Waals surface area (Å²) >= 11 is 0. The van der Waals surface area contributed by atoms with Crippen molar-refractivity contribution in [3.63, 3.8) is 0 Å². The predicted molar refractivity (Wildman–Crippen MR) is 75.4 cm³/mol. The van der Waals surface area contributed by atoms with E-state index in [4.69, 9.17) is 14.6 Å². The fraction of sp³-hybridized carbons (Fsp3) is 0.500. The van der Waals surface area contributed by atoms with Gasteiger partial charge in [0, 0.05) is 25.9 Å². The van der Waals surface area contributed by atoms with E-state index in [-0.39, 0.29) is 25.8 Å². The van der Waals surface area contributed by atoms with Gasteiger partial charge in [0.25, 0.3) is 5.91 Å². The molecule has 1 heterocycles. The van der Waals surface area contributed by atoms with Crippen LogP contribution in [0.3, 0.4) is 0 Å². The average Bonchev–Trinajstić information content (AvgIpc) is 2.42. The van der Waals surface area contributed by atoms with Crippen LogP contribution in [0.5, 0.6) is 5.88 Å². The van der Waals surface area contributed by atoms with E-state index in [1.54, 1.807) is 12.1 Å². The van der Waals surface area contributed by atoms with Crippen LogP contribution < -0.4 is 4.74 Å². The van der Waals surface area contributed by atoms with Crippen LogP contribution in [0.15, 0.2) is 18.3 Å². The molecule has 0 radical (unpaired) electrons. The van der Waals surface area contributed by atoms with Crippen LogP contribution in [0.4, 0.5) is 0 Å². The lowest BCUT2D eigenvalue weighted by atomic mass is 10.2. The van der Waals surface area contributed by atoms with E-state index in [2.05, 4.69) is 4.98 Å². The molecule has 0 fully saturated rings. The van der Waals surface area contributed by atoms with Crippen molar-refractivity contribution in [3.05, 3.63) is 23.9 Å². The maximum absolute atomic E-state index is 12.2. The van der Waals surface area contributed by atoms with Gasteiger partial charge in [-0.3, -0.25) is 9.59 Å². The van der Waals surface area contributed by atoms with E-state index in [0.29, 0.717) is 11.4 Å². The van der Waals surface area contributed by atoms with Gasteiger partial charge in [0.15, 0.2) is 0 Å². The van der Waals surface area contributed by atoms with Gasteiger partial charge in [-0.15, -0.1) is 0 Å². The topological polar surface area (TPSA) is 89.0 Å². The lowest BCUT2D eigenvalue weighted by molar-refractivity contribution is -0.137. The van der Waals surface area contributed by atoms with Crippen molar-refractivity contribution in [2.45, 2.75) is 20.0 Å². The molecule has 0 unspecified atom stereocenters. The molecule has 7 nitrogen and oxygen atoms in total. The number of carbonyl (C=O) groups excluding carboxylic acids is 1. The van der Waals surface area contributed by atoms with Crippen molar-refractivity contribution in [1.82, 2.24) is 9.88 Å². The Morgan fingerprint density at radius 1 is 1.38 bits per heavy atom. The first-order chi connectivity index (χ1) is 9.93. The Morgan fingerprint density at radius 3 is 2.57 bits per heavy atom. The second kappa shape index (κ2) is 8.21.